The first kappa shape index (κ1) is 13.6. The number of carbonyl (C=O) groups excluding carboxylic acids is 2. The van der Waals surface area contributed by atoms with E-state index in [-0.39, 0.29) is 17.7 Å². The van der Waals surface area contributed by atoms with Crippen LogP contribution >= 0.6 is 0 Å². The highest BCUT2D eigenvalue weighted by molar-refractivity contribution is 6.11. The largest absolute Gasteiger partial charge is 0.399 e. The number of imide groups is 1. The van der Waals surface area contributed by atoms with Gasteiger partial charge in [-0.2, -0.15) is 0 Å². The Balaban J connectivity index is 2.35. The minimum Gasteiger partial charge on any atom is -0.399 e. The molecule has 2 rings (SSSR count). The van der Waals surface area contributed by atoms with Crippen molar-refractivity contribution in [1.82, 2.24) is 4.90 Å². The predicted molar refractivity (Wildman–Crippen MR) is 74.8 cm³/mol. The maximum absolute atomic E-state index is 12.4. The zero-order valence-electron chi connectivity index (χ0n) is 11.6. The molecule has 1 aliphatic rings. The highest BCUT2D eigenvalue weighted by atomic mass is 16.2. The molecule has 0 saturated carbocycles. The smallest absolute Gasteiger partial charge is 0.260 e. The molecule has 1 aromatic carbocycles. The van der Waals surface area contributed by atoms with Gasteiger partial charge in [0.05, 0.1) is 5.92 Å². The van der Waals surface area contributed by atoms with E-state index in [1.165, 1.54) is 4.90 Å². The van der Waals surface area contributed by atoms with Crippen molar-refractivity contribution in [3.8, 4) is 0 Å². The van der Waals surface area contributed by atoms with Gasteiger partial charge in [-0.05, 0) is 37.0 Å². The van der Waals surface area contributed by atoms with Crippen molar-refractivity contribution >= 4 is 17.5 Å². The quantitative estimate of drug-likeness (QED) is 0.670. The van der Waals surface area contributed by atoms with E-state index in [9.17, 15) is 9.59 Å². The number of hydrogen-bond donors (Lipinski definition) is 1. The number of benzene rings is 1. The van der Waals surface area contributed by atoms with E-state index in [1.807, 2.05) is 6.92 Å². The first-order valence-electron chi connectivity index (χ1n) is 6.67. The van der Waals surface area contributed by atoms with Crippen molar-refractivity contribution in [2.24, 2.45) is 5.92 Å². The average molecular weight is 260 g/mol. The molecule has 4 nitrogen and oxygen atoms in total. The van der Waals surface area contributed by atoms with Gasteiger partial charge in [0.15, 0.2) is 0 Å². The molecule has 1 heterocycles. The van der Waals surface area contributed by atoms with Gasteiger partial charge in [-0.25, -0.2) is 0 Å². The van der Waals surface area contributed by atoms with Crippen LogP contribution in [0.4, 0.5) is 5.69 Å². The van der Waals surface area contributed by atoms with Crippen LogP contribution in [0.5, 0.6) is 0 Å². The van der Waals surface area contributed by atoms with Crippen LogP contribution in [-0.2, 0) is 4.79 Å². The van der Waals surface area contributed by atoms with Gasteiger partial charge < -0.3 is 5.73 Å². The van der Waals surface area contributed by atoms with E-state index in [1.54, 1.807) is 18.2 Å². The number of nitrogens with two attached hydrogens (primary N) is 1. The fraction of sp³-hybridized carbons (Fsp3) is 0.467. The number of fused-ring (bicyclic) bond motifs is 1. The summed E-state index contributed by atoms with van der Waals surface area (Å²) in [7, 11) is 0. The molecule has 2 N–H and O–H groups in total. The SMILES string of the molecule is CC(C)CCN1C(=O)c2cc(N)ccc2C(C)C1=O. The third-order valence-electron chi connectivity index (χ3n) is 3.59. The molecule has 2 amide bonds. The van der Waals surface area contributed by atoms with Gasteiger partial charge >= 0.3 is 0 Å². The lowest BCUT2D eigenvalue weighted by Crippen LogP contribution is -2.44. The fourth-order valence-corrected chi connectivity index (χ4v) is 2.35. The standard InChI is InChI=1S/C15H20N2O2/c1-9(2)6-7-17-14(18)10(3)12-5-4-11(16)8-13(12)15(17)19/h4-5,8-10H,6-7,16H2,1-3H3. The minimum atomic E-state index is -0.277. The Morgan fingerprint density at radius 2 is 2.00 bits per heavy atom. The Hall–Kier alpha value is -1.84. The predicted octanol–water partition coefficient (Wildman–Crippen LogP) is 2.40. The summed E-state index contributed by atoms with van der Waals surface area (Å²) in [5.41, 5.74) is 7.64. The van der Waals surface area contributed by atoms with E-state index in [4.69, 9.17) is 5.73 Å². The molecule has 0 fully saturated rings. The lowest BCUT2D eigenvalue weighted by atomic mass is 9.89. The van der Waals surface area contributed by atoms with Gasteiger partial charge in [0.25, 0.3) is 5.91 Å². The van der Waals surface area contributed by atoms with Gasteiger partial charge in [-0.3, -0.25) is 14.5 Å². The maximum Gasteiger partial charge on any atom is 0.260 e. The molecule has 1 unspecified atom stereocenters. The van der Waals surface area contributed by atoms with Gasteiger partial charge in [0, 0.05) is 17.8 Å². The number of rotatable bonds is 3. The van der Waals surface area contributed by atoms with E-state index < -0.39 is 0 Å². The zero-order chi connectivity index (χ0) is 14.2. The normalized spacial score (nSPS) is 18.9. The maximum atomic E-state index is 12.4. The van der Waals surface area contributed by atoms with Gasteiger partial charge in [0.2, 0.25) is 5.91 Å². The Morgan fingerprint density at radius 1 is 1.32 bits per heavy atom. The second kappa shape index (κ2) is 5.03. The van der Waals surface area contributed by atoms with Crippen LogP contribution in [0.25, 0.3) is 0 Å². The van der Waals surface area contributed by atoms with Crippen molar-refractivity contribution in [2.75, 3.05) is 12.3 Å². The van der Waals surface area contributed by atoms with E-state index in [2.05, 4.69) is 13.8 Å². The second-order valence-corrected chi connectivity index (χ2v) is 5.55. The third-order valence-corrected chi connectivity index (χ3v) is 3.59. The molecule has 1 aliphatic heterocycles. The van der Waals surface area contributed by atoms with E-state index in [0.29, 0.717) is 23.7 Å². The number of amides is 2. The molecule has 1 aromatic rings. The van der Waals surface area contributed by atoms with E-state index in [0.717, 1.165) is 12.0 Å². The van der Waals surface area contributed by atoms with Gasteiger partial charge in [-0.1, -0.05) is 19.9 Å². The number of nitrogens with zero attached hydrogens (tertiary/aromatic N) is 1. The number of nitrogen functional groups attached to an aromatic ring is 1. The molecule has 0 aromatic heterocycles. The Bertz CT molecular complexity index is 523. The third kappa shape index (κ3) is 2.48. The first-order valence-corrected chi connectivity index (χ1v) is 6.67. The molecular formula is C15H20N2O2. The average Bonchev–Trinajstić information content (AvgIpc) is 2.35. The molecular weight excluding hydrogens is 240 g/mol. The summed E-state index contributed by atoms with van der Waals surface area (Å²) >= 11 is 0. The van der Waals surface area contributed by atoms with Crippen LogP contribution in [0, 0.1) is 5.92 Å². The molecule has 0 saturated heterocycles. The summed E-state index contributed by atoms with van der Waals surface area (Å²) in [6.45, 7) is 6.47. The second-order valence-electron chi connectivity index (χ2n) is 5.55. The van der Waals surface area contributed by atoms with Crippen molar-refractivity contribution in [2.45, 2.75) is 33.1 Å². The summed E-state index contributed by atoms with van der Waals surface area (Å²) in [4.78, 5) is 26.0. The lowest BCUT2D eigenvalue weighted by Gasteiger charge is -2.31. The highest BCUT2D eigenvalue weighted by Gasteiger charge is 2.35. The number of carbonyl (C=O) groups is 2. The van der Waals surface area contributed by atoms with Crippen LogP contribution in [-0.4, -0.2) is 23.3 Å². The van der Waals surface area contributed by atoms with Crippen LogP contribution < -0.4 is 5.73 Å². The van der Waals surface area contributed by atoms with Crippen molar-refractivity contribution in [1.29, 1.82) is 0 Å². The summed E-state index contributed by atoms with van der Waals surface area (Å²) in [6.07, 6.45) is 0.821. The Labute approximate surface area is 113 Å². The topological polar surface area (TPSA) is 63.4 Å². The molecule has 0 spiro atoms. The molecule has 0 aliphatic carbocycles. The summed E-state index contributed by atoms with van der Waals surface area (Å²) in [5, 5.41) is 0. The first-order chi connectivity index (χ1) is 8.91. The summed E-state index contributed by atoms with van der Waals surface area (Å²) < 4.78 is 0. The number of hydrogen-bond acceptors (Lipinski definition) is 3. The minimum absolute atomic E-state index is 0.108. The summed E-state index contributed by atoms with van der Waals surface area (Å²) in [5.74, 6) is -0.146. The molecule has 0 bridgehead atoms. The van der Waals surface area contributed by atoms with Crippen LogP contribution in [0.3, 0.4) is 0 Å². The van der Waals surface area contributed by atoms with Crippen LogP contribution in [0.15, 0.2) is 18.2 Å². The lowest BCUT2D eigenvalue weighted by molar-refractivity contribution is -0.130. The Morgan fingerprint density at radius 3 is 2.63 bits per heavy atom. The van der Waals surface area contributed by atoms with Crippen molar-refractivity contribution in [3.63, 3.8) is 0 Å². The van der Waals surface area contributed by atoms with E-state index >= 15 is 0 Å². The number of anilines is 1. The molecule has 4 heteroatoms. The molecule has 0 radical (unpaired) electrons. The zero-order valence-corrected chi connectivity index (χ0v) is 11.6. The summed E-state index contributed by atoms with van der Waals surface area (Å²) in [6, 6.07) is 5.19. The van der Waals surface area contributed by atoms with Crippen LogP contribution in [0.1, 0.15) is 49.0 Å². The van der Waals surface area contributed by atoms with Crippen LogP contribution in [0.2, 0.25) is 0 Å². The molecule has 19 heavy (non-hydrogen) atoms. The Kier molecular flexibility index (Phi) is 3.60. The highest BCUT2D eigenvalue weighted by Crippen LogP contribution is 2.30. The molecule has 102 valence electrons. The van der Waals surface area contributed by atoms with Crippen molar-refractivity contribution in [3.05, 3.63) is 29.3 Å². The van der Waals surface area contributed by atoms with Crippen molar-refractivity contribution < 1.29 is 9.59 Å². The fourth-order valence-electron chi connectivity index (χ4n) is 2.35. The van der Waals surface area contributed by atoms with Gasteiger partial charge in [-0.15, -0.1) is 0 Å². The van der Waals surface area contributed by atoms with Gasteiger partial charge in [0.1, 0.15) is 0 Å². The molecule has 1 atom stereocenters. The monoisotopic (exact) mass is 260 g/mol.